The first kappa shape index (κ1) is 17.9. The van der Waals surface area contributed by atoms with Gasteiger partial charge in [-0.05, 0) is 64.8 Å². The summed E-state index contributed by atoms with van der Waals surface area (Å²) in [7, 11) is 1.53. The highest BCUT2D eigenvalue weighted by Crippen LogP contribution is 2.36. The molecule has 1 fully saturated rings. The van der Waals surface area contributed by atoms with Gasteiger partial charge in [0.05, 0.1) is 11.2 Å². The molecule has 0 amide bonds. The number of aryl methyl sites for hydroxylation is 2. The highest BCUT2D eigenvalue weighted by Gasteiger charge is 2.51. The van der Waals surface area contributed by atoms with Crippen molar-refractivity contribution in [1.82, 2.24) is 9.97 Å². The molecule has 3 rings (SSSR count). The van der Waals surface area contributed by atoms with E-state index < -0.39 is 7.12 Å². The van der Waals surface area contributed by atoms with Crippen molar-refractivity contribution >= 4 is 24.2 Å². The zero-order valence-corrected chi connectivity index (χ0v) is 16.1. The molecule has 0 bridgehead atoms. The molecule has 0 spiro atoms. The first-order valence-electron chi connectivity index (χ1n) is 8.59. The summed E-state index contributed by atoms with van der Waals surface area (Å²) in [6.07, 6.45) is 3.56. The zero-order chi connectivity index (χ0) is 18.4. The summed E-state index contributed by atoms with van der Waals surface area (Å²) in [5.41, 5.74) is 3.67. The molecule has 0 N–H and O–H groups in total. The molecule has 2 heterocycles. The van der Waals surface area contributed by atoms with Crippen LogP contribution in [0.25, 0.3) is 0 Å². The summed E-state index contributed by atoms with van der Waals surface area (Å²) in [6.45, 7) is 12.4. The van der Waals surface area contributed by atoms with Crippen molar-refractivity contribution in [2.45, 2.75) is 52.7 Å². The Morgan fingerprint density at radius 3 is 2.00 bits per heavy atom. The third-order valence-electron chi connectivity index (χ3n) is 5.36. The molecule has 0 saturated carbocycles. The van der Waals surface area contributed by atoms with E-state index in [1.165, 1.54) is 11.1 Å². The maximum atomic E-state index is 6.05. The van der Waals surface area contributed by atoms with Crippen LogP contribution in [-0.2, 0) is 9.31 Å². The van der Waals surface area contributed by atoms with Gasteiger partial charge in [-0.3, -0.25) is 0 Å². The summed E-state index contributed by atoms with van der Waals surface area (Å²) in [5, 5.41) is 0. The van der Waals surface area contributed by atoms with E-state index in [1.807, 2.05) is 39.6 Å². The second-order valence-corrected chi connectivity index (χ2v) is 7.73. The van der Waals surface area contributed by atoms with Crippen molar-refractivity contribution in [3.8, 4) is 0 Å². The number of benzene rings is 1. The SMILES string of the molecule is Cc1ccc(N(C)c2ncc(B3OC(C)(C)C(C)(C)O3)cn2)cc1C. The maximum Gasteiger partial charge on any atom is 0.498 e. The number of aromatic nitrogens is 2. The molecule has 1 aromatic heterocycles. The zero-order valence-electron chi connectivity index (χ0n) is 16.1. The summed E-state index contributed by atoms with van der Waals surface area (Å²) in [4.78, 5) is 11.0. The van der Waals surface area contributed by atoms with Crippen LogP contribution in [0.4, 0.5) is 11.6 Å². The first-order valence-corrected chi connectivity index (χ1v) is 8.59. The number of nitrogens with zero attached hydrogens (tertiary/aromatic N) is 3. The van der Waals surface area contributed by atoms with Crippen molar-refractivity contribution in [1.29, 1.82) is 0 Å². The van der Waals surface area contributed by atoms with Gasteiger partial charge in [-0.25, -0.2) is 9.97 Å². The van der Waals surface area contributed by atoms with E-state index in [9.17, 15) is 0 Å². The number of hydrogen-bond acceptors (Lipinski definition) is 5. The fourth-order valence-electron chi connectivity index (χ4n) is 2.65. The molecule has 0 unspecified atom stereocenters. The quantitative estimate of drug-likeness (QED) is 0.804. The Bertz CT molecular complexity index is 759. The lowest BCUT2D eigenvalue weighted by Gasteiger charge is -2.32. The van der Waals surface area contributed by atoms with Crippen LogP contribution in [0.15, 0.2) is 30.6 Å². The normalized spacial score (nSPS) is 18.4. The van der Waals surface area contributed by atoms with Gasteiger partial charge in [0.2, 0.25) is 5.95 Å². The first-order chi connectivity index (χ1) is 11.6. The molecule has 1 aromatic carbocycles. The lowest BCUT2D eigenvalue weighted by Crippen LogP contribution is -2.41. The number of anilines is 2. The summed E-state index contributed by atoms with van der Waals surface area (Å²) in [6, 6.07) is 6.33. The Morgan fingerprint density at radius 1 is 0.920 bits per heavy atom. The fraction of sp³-hybridized carbons (Fsp3) is 0.474. The minimum Gasteiger partial charge on any atom is -0.399 e. The lowest BCUT2D eigenvalue weighted by molar-refractivity contribution is 0.00578. The largest absolute Gasteiger partial charge is 0.498 e. The Balaban J connectivity index is 1.80. The Labute approximate surface area is 150 Å². The van der Waals surface area contributed by atoms with Crippen LogP contribution in [0.1, 0.15) is 38.8 Å². The van der Waals surface area contributed by atoms with Gasteiger partial charge < -0.3 is 14.2 Å². The summed E-state index contributed by atoms with van der Waals surface area (Å²) < 4.78 is 12.1. The molecular weight excluding hydrogens is 313 g/mol. The Hall–Kier alpha value is -1.92. The molecule has 1 aliphatic rings. The van der Waals surface area contributed by atoms with E-state index in [4.69, 9.17) is 9.31 Å². The van der Waals surface area contributed by atoms with Gasteiger partial charge in [-0.15, -0.1) is 0 Å². The van der Waals surface area contributed by atoms with Crippen molar-refractivity contribution in [2.24, 2.45) is 0 Å². The standard InChI is InChI=1S/C19H26BN3O2/c1-13-8-9-16(10-14(13)2)23(7)17-21-11-15(12-22-17)20-24-18(3,4)19(5,6)25-20/h8-12H,1-7H3. The van der Waals surface area contributed by atoms with E-state index in [2.05, 4.69) is 42.0 Å². The van der Waals surface area contributed by atoms with E-state index in [0.717, 1.165) is 11.2 Å². The maximum absolute atomic E-state index is 6.05. The molecule has 0 atom stereocenters. The van der Waals surface area contributed by atoms with Crippen molar-refractivity contribution in [3.05, 3.63) is 41.7 Å². The highest BCUT2D eigenvalue weighted by atomic mass is 16.7. The smallest absolute Gasteiger partial charge is 0.399 e. The molecule has 0 aliphatic carbocycles. The molecule has 6 heteroatoms. The van der Waals surface area contributed by atoms with Crippen molar-refractivity contribution in [3.63, 3.8) is 0 Å². The van der Waals surface area contributed by atoms with Gasteiger partial charge >= 0.3 is 7.12 Å². The molecule has 25 heavy (non-hydrogen) atoms. The van der Waals surface area contributed by atoms with Crippen molar-refractivity contribution < 1.29 is 9.31 Å². The van der Waals surface area contributed by atoms with Gasteiger partial charge in [-0.1, -0.05) is 6.07 Å². The second kappa shape index (κ2) is 6.11. The highest BCUT2D eigenvalue weighted by molar-refractivity contribution is 6.61. The summed E-state index contributed by atoms with van der Waals surface area (Å²) >= 11 is 0. The van der Waals surface area contributed by atoms with Gasteiger partial charge in [0.25, 0.3) is 0 Å². The van der Waals surface area contributed by atoms with Crippen LogP contribution >= 0.6 is 0 Å². The van der Waals surface area contributed by atoms with Crippen LogP contribution in [0.5, 0.6) is 0 Å². The minimum atomic E-state index is -0.439. The average molecular weight is 339 g/mol. The minimum absolute atomic E-state index is 0.368. The number of hydrogen-bond donors (Lipinski definition) is 0. The molecule has 5 nitrogen and oxygen atoms in total. The third kappa shape index (κ3) is 3.28. The van der Waals surface area contributed by atoms with Gasteiger partial charge in [0.15, 0.2) is 0 Å². The molecule has 2 aromatic rings. The van der Waals surface area contributed by atoms with Crippen LogP contribution in [0.3, 0.4) is 0 Å². The van der Waals surface area contributed by atoms with Crippen LogP contribution in [0, 0.1) is 13.8 Å². The van der Waals surface area contributed by atoms with Gasteiger partial charge in [-0.2, -0.15) is 0 Å². The van der Waals surface area contributed by atoms with Crippen LogP contribution in [-0.4, -0.2) is 35.3 Å². The summed E-state index contributed by atoms with van der Waals surface area (Å²) in [5.74, 6) is 0.642. The predicted octanol–water partition coefficient (Wildman–Crippen LogP) is 3.16. The molecule has 1 aliphatic heterocycles. The average Bonchev–Trinajstić information content (AvgIpc) is 2.77. The van der Waals surface area contributed by atoms with E-state index in [-0.39, 0.29) is 11.2 Å². The van der Waals surface area contributed by atoms with Crippen LogP contribution in [0.2, 0.25) is 0 Å². The predicted molar refractivity (Wildman–Crippen MR) is 102 cm³/mol. The van der Waals surface area contributed by atoms with Gasteiger partial charge in [0.1, 0.15) is 0 Å². The fourth-order valence-corrected chi connectivity index (χ4v) is 2.65. The molecular formula is C19H26BN3O2. The van der Waals surface area contributed by atoms with E-state index in [0.29, 0.717) is 5.95 Å². The Kier molecular flexibility index (Phi) is 4.37. The van der Waals surface area contributed by atoms with E-state index in [1.54, 1.807) is 12.4 Å². The molecule has 1 saturated heterocycles. The second-order valence-electron chi connectivity index (χ2n) is 7.73. The molecule has 132 valence electrons. The lowest BCUT2D eigenvalue weighted by atomic mass is 9.81. The molecule has 0 radical (unpaired) electrons. The third-order valence-corrected chi connectivity index (χ3v) is 5.36. The topological polar surface area (TPSA) is 47.5 Å². The van der Waals surface area contributed by atoms with Crippen LogP contribution < -0.4 is 10.4 Å². The monoisotopic (exact) mass is 339 g/mol. The van der Waals surface area contributed by atoms with Gasteiger partial charge in [0, 0.05) is 30.6 Å². The van der Waals surface area contributed by atoms with Crippen molar-refractivity contribution in [2.75, 3.05) is 11.9 Å². The number of rotatable bonds is 3. The van der Waals surface area contributed by atoms with E-state index >= 15 is 0 Å². The Morgan fingerprint density at radius 2 is 1.48 bits per heavy atom.